The van der Waals surface area contributed by atoms with E-state index in [9.17, 15) is 9.59 Å². The molecular weight excluding hydrogens is 322 g/mol. The van der Waals surface area contributed by atoms with Crippen molar-refractivity contribution in [3.8, 4) is 0 Å². The minimum Gasteiger partial charge on any atom is -0.467 e. The molecule has 25 heavy (non-hydrogen) atoms. The van der Waals surface area contributed by atoms with Crippen molar-refractivity contribution in [1.29, 1.82) is 0 Å². The Kier molecular flexibility index (Phi) is 5.55. The first-order valence-corrected chi connectivity index (χ1v) is 8.44. The molecule has 7 nitrogen and oxygen atoms in total. The van der Waals surface area contributed by atoms with E-state index in [2.05, 4.69) is 10.2 Å². The van der Waals surface area contributed by atoms with Crippen LogP contribution in [0.15, 0.2) is 41.1 Å². The number of carbonyl (C=O) groups excluding carboxylic acids is 2. The van der Waals surface area contributed by atoms with Crippen LogP contribution in [0, 0.1) is 0 Å². The van der Waals surface area contributed by atoms with Gasteiger partial charge in [0.15, 0.2) is 0 Å². The number of rotatable bonds is 6. The molecule has 0 atom stereocenters. The lowest BCUT2D eigenvalue weighted by atomic mass is 10.0. The van der Waals surface area contributed by atoms with Gasteiger partial charge < -0.3 is 19.0 Å². The maximum atomic E-state index is 12.0. The molecule has 7 heteroatoms. The Morgan fingerprint density at radius 3 is 2.76 bits per heavy atom. The van der Waals surface area contributed by atoms with E-state index < -0.39 is 0 Å². The van der Waals surface area contributed by atoms with Gasteiger partial charge in [-0.2, -0.15) is 0 Å². The zero-order chi connectivity index (χ0) is 17.6. The van der Waals surface area contributed by atoms with E-state index >= 15 is 0 Å². The molecule has 1 N–H and O–H groups in total. The summed E-state index contributed by atoms with van der Waals surface area (Å²) in [7, 11) is 1.39. The number of hydrogen-bond donors (Lipinski definition) is 1. The first-order valence-electron chi connectivity index (χ1n) is 8.44. The second-order valence-electron chi connectivity index (χ2n) is 6.16. The van der Waals surface area contributed by atoms with E-state index in [1.807, 2.05) is 22.9 Å². The number of nitrogens with one attached hydrogen (secondary N) is 1. The van der Waals surface area contributed by atoms with Gasteiger partial charge in [-0.25, -0.2) is 4.79 Å². The van der Waals surface area contributed by atoms with Gasteiger partial charge in [0.05, 0.1) is 26.5 Å². The quantitative estimate of drug-likeness (QED) is 0.808. The Morgan fingerprint density at radius 2 is 2.08 bits per heavy atom. The smallest absolute Gasteiger partial charge is 0.354 e. The lowest BCUT2D eigenvalue weighted by molar-refractivity contribution is -0.122. The van der Waals surface area contributed by atoms with Crippen molar-refractivity contribution in [1.82, 2.24) is 14.8 Å². The average molecular weight is 345 g/mol. The maximum Gasteiger partial charge on any atom is 0.354 e. The minimum absolute atomic E-state index is 0.00827. The Labute approximate surface area is 146 Å². The van der Waals surface area contributed by atoms with Crippen LogP contribution in [-0.4, -0.2) is 48.1 Å². The molecule has 1 amide bonds. The number of hydrogen-bond acceptors (Lipinski definition) is 5. The van der Waals surface area contributed by atoms with Crippen molar-refractivity contribution >= 4 is 11.9 Å². The summed E-state index contributed by atoms with van der Waals surface area (Å²) in [5.74, 6) is 0.422. The molecule has 0 bridgehead atoms. The van der Waals surface area contributed by atoms with E-state index in [0.29, 0.717) is 18.8 Å². The van der Waals surface area contributed by atoms with Gasteiger partial charge in [-0.05, 0) is 37.1 Å². The molecule has 3 rings (SSSR count). The third-order valence-corrected chi connectivity index (χ3v) is 4.53. The van der Waals surface area contributed by atoms with Crippen LogP contribution in [0.3, 0.4) is 0 Å². The number of ether oxygens (including phenoxy) is 1. The molecule has 0 spiro atoms. The Balaban J connectivity index is 1.46. The van der Waals surface area contributed by atoms with Crippen LogP contribution >= 0.6 is 0 Å². The number of methoxy groups -OCH3 is 1. The normalized spacial score (nSPS) is 15.9. The Hall–Kier alpha value is -2.54. The number of piperidine rings is 1. The lowest BCUT2D eigenvalue weighted by Gasteiger charge is -2.32. The summed E-state index contributed by atoms with van der Waals surface area (Å²) in [6.07, 6.45) is 5.30. The van der Waals surface area contributed by atoms with Gasteiger partial charge in [-0.3, -0.25) is 9.69 Å². The highest BCUT2D eigenvalue weighted by atomic mass is 16.5. The Morgan fingerprint density at radius 1 is 1.28 bits per heavy atom. The van der Waals surface area contributed by atoms with E-state index in [4.69, 9.17) is 9.15 Å². The van der Waals surface area contributed by atoms with Gasteiger partial charge in [0.1, 0.15) is 11.5 Å². The molecule has 134 valence electrons. The van der Waals surface area contributed by atoms with Crippen LogP contribution < -0.4 is 5.32 Å². The van der Waals surface area contributed by atoms with Crippen LogP contribution in [0.5, 0.6) is 0 Å². The summed E-state index contributed by atoms with van der Waals surface area (Å²) >= 11 is 0. The SMILES string of the molecule is COC(=O)c1cccn1C1CCN(CC(=O)NCc2ccco2)CC1. The number of aromatic nitrogens is 1. The molecule has 1 saturated heterocycles. The molecule has 3 heterocycles. The second kappa shape index (κ2) is 8.02. The van der Waals surface area contributed by atoms with E-state index in [-0.39, 0.29) is 17.9 Å². The highest BCUT2D eigenvalue weighted by Crippen LogP contribution is 2.24. The molecule has 0 radical (unpaired) electrons. The van der Waals surface area contributed by atoms with Crippen LogP contribution in [0.2, 0.25) is 0 Å². The standard InChI is InChI=1S/C18H23N3O4/c1-24-18(23)16-5-2-8-21(16)14-6-9-20(10-7-14)13-17(22)19-12-15-4-3-11-25-15/h2-5,8,11,14H,6-7,9-10,12-13H2,1H3,(H,19,22). The van der Waals surface area contributed by atoms with E-state index in [1.165, 1.54) is 7.11 Å². The number of carbonyl (C=O) groups is 2. The largest absolute Gasteiger partial charge is 0.467 e. The van der Waals surface area contributed by atoms with Crippen LogP contribution in [0.4, 0.5) is 0 Å². The maximum absolute atomic E-state index is 12.0. The molecule has 1 aliphatic rings. The molecule has 2 aromatic heterocycles. The fraction of sp³-hybridized carbons (Fsp3) is 0.444. The summed E-state index contributed by atoms with van der Waals surface area (Å²) in [4.78, 5) is 26.0. The minimum atomic E-state index is -0.315. The highest BCUT2D eigenvalue weighted by molar-refractivity contribution is 5.87. The van der Waals surface area contributed by atoms with Gasteiger partial charge in [-0.15, -0.1) is 0 Å². The van der Waals surface area contributed by atoms with Crippen molar-refractivity contribution in [3.63, 3.8) is 0 Å². The summed E-state index contributed by atoms with van der Waals surface area (Å²) in [6, 6.07) is 7.53. The number of amides is 1. The number of furan rings is 1. The summed E-state index contributed by atoms with van der Waals surface area (Å²) in [6.45, 7) is 2.42. The van der Waals surface area contributed by atoms with Crippen molar-refractivity contribution in [2.45, 2.75) is 25.4 Å². The predicted octanol–water partition coefficient (Wildman–Crippen LogP) is 1.82. The summed E-state index contributed by atoms with van der Waals surface area (Å²) < 4.78 is 12.0. The van der Waals surface area contributed by atoms with E-state index in [0.717, 1.165) is 31.7 Å². The number of nitrogens with zero attached hydrogens (tertiary/aromatic N) is 2. The first kappa shape index (κ1) is 17.3. The monoisotopic (exact) mass is 345 g/mol. The summed E-state index contributed by atoms with van der Waals surface area (Å²) in [5.41, 5.74) is 0.581. The number of esters is 1. The van der Waals surface area contributed by atoms with E-state index in [1.54, 1.807) is 18.4 Å². The second-order valence-corrected chi connectivity index (χ2v) is 6.16. The van der Waals surface area contributed by atoms with Gasteiger partial charge in [0, 0.05) is 25.3 Å². The third kappa shape index (κ3) is 4.30. The van der Waals surface area contributed by atoms with Crippen molar-refractivity contribution in [3.05, 3.63) is 48.2 Å². The fourth-order valence-corrected chi connectivity index (χ4v) is 3.20. The van der Waals surface area contributed by atoms with Gasteiger partial charge in [0.2, 0.25) is 5.91 Å². The average Bonchev–Trinajstić information content (AvgIpc) is 3.31. The topological polar surface area (TPSA) is 76.7 Å². The van der Waals surface area contributed by atoms with Crippen LogP contribution in [0.1, 0.15) is 35.1 Å². The molecule has 0 unspecified atom stereocenters. The summed E-state index contributed by atoms with van der Waals surface area (Å²) in [5, 5.41) is 2.86. The van der Waals surface area contributed by atoms with Crippen LogP contribution in [0.25, 0.3) is 0 Å². The fourth-order valence-electron chi connectivity index (χ4n) is 3.20. The molecule has 0 aromatic carbocycles. The van der Waals surface area contributed by atoms with Gasteiger partial charge in [0.25, 0.3) is 0 Å². The molecule has 0 aliphatic carbocycles. The van der Waals surface area contributed by atoms with Crippen molar-refractivity contribution in [2.24, 2.45) is 0 Å². The first-order chi connectivity index (χ1) is 12.2. The zero-order valence-corrected chi connectivity index (χ0v) is 14.3. The van der Waals surface area contributed by atoms with Crippen molar-refractivity contribution in [2.75, 3.05) is 26.7 Å². The third-order valence-electron chi connectivity index (χ3n) is 4.53. The molecular formula is C18H23N3O4. The zero-order valence-electron chi connectivity index (χ0n) is 14.3. The lowest BCUT2D eigenvalue weighted by Crippen LogP contribution is -2.41. The molecule has 1 fully saturated rings. The van der Waals surface area contributed by atoms with Gasteiger partial charge in [-0.1, -0.05) is 0 Å². The Bertz CT molecular complexity index is 700. The molecule has 1 aliphatic heterocycles. The van der Waals surface area contributed by atoms with Crippen LogP contribution in [-0.2, 0) is 16.1 Å². The van der Waals surface area contributed by atoms with Crippen molar-refractivity contribution < 1.29 is 18.7 Å². The molecule has 0 saturated carbocycles. The highest BCUT2D eigenvalue weighted by Gasteiger charge is 2.24. The number of likely N-dealkylation sites (tertiary alicyclic amines) is 1. The molecule has 2 aromatic rings. The van der Waals surface area contributed by atoms with Gasteiger partial charge >= 0.3 is 5.97 Å². The predicted molar refractivity (Wildman–Crippen MR) is 91.0 cm³/mol.